The number of morpholine rings is 2. The number of carbonyl (C=O) groups excluding carboxylic acids is 2. The number of carbonyl (C=O) groups is 2. The molecule has 6 aromatic rings. The third-order valence-corrected chi connectivity index (χ3v) is 11.8. The van der Waals surface area contributed by atoms with E-state index >= 15 is 0 Å². The summed E-state index contributed by atoms with van der Waals surface area (Å²) in [4.78, 5) is 46.7. The first-order chi connectivity index (χ1) is 35.9. The molecule has 2 aliphatic heterocycles. The van der Waals surface area contributed by atoms with Gasteiger partial charge in [0.1, 0.15) is 12.3 Å². The molecule has 0 saturated carbocycles. The van der Waals surface area contributed by atoms with Crippen LogP contribution in [-0.4, -0.2) is 102 Å². The number of nitrogens with zero attached hydrogens (tertiary/aromatic N) is 6. The molecule has 2 aliphatic rings. The molecule has 75 heavy (non-hydrogen) atoms. The summed E-state index contributed by atoms with van der Waals surface area (Å²) in [6.07, 6.45) is 7.92. The minimum atomic E-state index is -4.53. The molecule has 0 aliphatic carbocycles. The minimum Gasteiger partial charge on any atom is -0.475 e. The SMILES string of the molecule is C#CCCO.C#CCCOc1ncc(-c2cc(CC(=O)c3cccc(C(F)(F)F)c3)cnc2C)cc1N1CCOCC1.Cc1ncc(CC(=O)c2cccc(C(F)(F)F)c2)cc1-c1cnc(F)c(N2CCOCC2)c1. The van der Waals surface area contributed by atoms with Crippen LogP contribution in [0.1, 0.15) is 67.2 Å². The number of aliphatic hydroxyl groups is 1. The van der Waals surface area contributed by atoms with Crippen molar-refractivity contribution < 1.29 is 59.6 Å². The van der Waals surface area contributed by atoms with Crippen molar-refractivity contribution in [1.29, 1.82) is 0 Å². The average molecular weight is 1040 g/mol. The van der Waals surface area contributed by atoms with Gasteiger partial charge in [0.15, 0.2) is 11.6 Å². The van der Waals surface area contributed by atoms with Gasteiger partial charge in [-0.2, -0.15) is 30.7 Å². The number of ketones is 2. The molecular weight excluding hydrogens is 986 g/mol. The molecule has 0 bridgehead atoms. The van der Waals surface area contributed by atoms with Crippen LogP contribution in [0.3, 0.4) is 0 Å². The van der Waals surface area contributed by atoms with Crippen molar-refractivity contribution in [3.63, 3.8) is 0 Å². The summed E-state index contributed by atoms with van der Waals surface area (Å²) in [5, 5.41) is 7.92. The molecule has 0 spiro atoms. The molecule has 6 heterocycles. The highest BCUT2D eigenvalue weighted by molar-refractivity contribution is 5.98. The lowest BCUT2D eigenvalue weighted by atomic mass is 9.98. The lowest BCUT2D eigenvalue weighted by Gasteiger charge is -2.30. The molecule has 1 N–H and O–H groups in total. The van der Waals surface area contributed by atoms with Crippen LogP contribution < -0.4 is 14.5 Å². The summed E-state index contributed by atoms with van der Waals surface area (Å²) in [6.45, 7) is 8.70. The molecule has 392 valence electrons. The van der Waals surface area contributed by atoms with Gasteiger partial charge in [-0.25, -0.2) is 9.97 Å². The predicted octanol–water partition coefficient (Wildman–Crippen LogP) is 10.0. The van der Waals surface area contributed by atoms with E-state index in [1.807, 2.05) is 24.0 Å². The number of aliphatic hydroxyl groups excluding tert-OH is 1. The van der Waals surface area contributed by atoms with Crippen molar-refractivity contribution in [2.24, 2.45) is 0 Å². The topological polar surface area (TPSA) is 140 Å². The first-order valence-electron chi connectivity index (χ1n) is 23.6. The van der Waals surface area contributed by atoms with Crippen LogP contribution >= 0.6 is 0 Å². The smallest absolute Gasteiger partial charge is 0.416 e. The molecule has 12 nitrogen and oxygen atoms in total. The number of hydrogen-bond donors (Lipinski definition) is 1. The van der Waals surface area contributed by atoms with Crippen LogP contribution in [0, 0.1) is 44.5 Å². The Morgan fingerprint density at radius 2 is 1.09 bits per heavy atom. The second-order valence-electron chi connectivity index (χ2n) is 17.1. The maximum Gasteiger partial charge on any atom is 0.416 e. The number of ether oxygens (including phenoxy) is 3. The number of aromatic nitrogens is 4. The van der Waals surface area contributed by atoms with E-state index in [4.69, 9.17) is 32.2 Å². The Morgan fingerprint density at radius 1 is 0.640 bits per heavy atom. The Labute approximate surface area is 429 Å². The van der Waals surface area contributed by atoms with Crippen molar-refractivity contribution in [3.05, 3.63) is 148 Å². The second-order valence-corrected chi connectivity index (χ2v) is 17.1. The van der Waals surface area contributed by atoms with E-state index in [2.05, 4.69) is 36.7 Å². The molecule has 4 aromatic heterocycles. The number of anilines is 2. The highest BCUT2D eigenvalue weighted by Gasteiger charge is 2.32. The molecule has 0 atom stereocenters. The van der Waals surface area contributed by atoms with Crippen molar-refractivity contribution in [3.8, 4) is 52.8 Å². The zero-order valence-electron chi connectivity index (χ0n) is 41.1. The van der Waals surface area contributed by atoms with Crippen LogP contribution in [0.5, 0.6) is 5.88 Å². The number of terminal acetylenes is 2. The first kappa shape index (κ1) is 56.6. The molecule has 0 unspecified atom stereocenters. The number of aryl methyl sites for hydroxylation is 2. The lowest BCUT2D eigenvalue weighted by molar-refractivity contribution is -0.138. The van der Waals surface area contributed by atoms with Gasteiger partial charge in [-0.1, -0.05) is 24.3 Å². The highest BCUT2D eigenvalue weighted by Crippen LogP contribution is 2.35. The molecule has 0 radical (unpaired) electrons. The van der Waals surface area contributed by atoms with E-state index in [0.717, 1.165) is 46.8 Å². The van der Waals surface area contributed by atoms with Gasteiger partial charge in [0.25, 0.3) is 0 Å². The molecule has 8 rings (SSSR count). The summed E-state index contributed by atoms with van der Waals surface area (Å²) in [6, 6.07) is 16.0. The normalized spacial score (nSPS) is 13.5. The zero-order valence-corrected chi connectivity index (χ0v) is 41.1. The molecule has 2 aromatic carbocycles. The third kappa shape index (κ3) is 15.9. The van der Waals surface area contributed by atoms with E-state index in [1.54, 1.807) is 31.5 Å². The van der Waals surface area contributed by atoms with Crippen LogP contribution in [0.15, 0.2) is 97.6 Å². The van der Waals surface area contributed by atoms with E-state index in [1.165, 1.54) is 36.7 Å². The van der Waals surface area contributed by atoms with Gasteiger partial charge >= 0.3 is 12.4 Å². The van der Waals surface area contributed by atoms with E-state index in [0.29, 0.717) is 112 Å². The van der Waals surface area contributed by atoms with Gasteiger partial charge in [0, 0.05) is 121 Å². The number of benzene rings is 2. The fraction of sp³-hybridized carbons (Fsp3) is 0.321. The molecule has 0 amide bonds. The van der Waals surface area contributed by atoms with Crippen LogP contribution in [0.2, 0.25) is 0 Å². The third-order valence-electron chi connectivity index (χ3n) is 11.8. The van der Waals surface area contributed by atoms with Gasteiger partial charge < -0.3 is 29.1 Å². The van der Waals surface area contributed by atoms with Crippen molar-refractivity contribution in [1.82, 2.24) is 19.9 Å². The second kappa shape index (κ2) is 26.5. The van der Waals surface area contributed by atoms with Gasteiger partial charge in [-0.3, -0.25) is 19.6 Å². The van der Waals surface area contributed by atoms with Crippen molar-refractivity contribution >= 4 is 22.9 Å². The first-order valence-corrected chi connectivity index (χ1v) is 23.6. The van der Waals surface area contributed by atoms with E-state index in [-0.39, 0.29) is 30.6 Å². The summed E-state index contributed by atoms with van der Waals surface area (Å²) in [5.41, 5.74) is 4.79. The summed E-state index contributed by atoms with van der Waals surface area (Å²) in [5.74, 6) is 3.83. The van der Waals surface area contributed by atoms with Crippen LogP contribution in [0.25, 0.3) is 22.3 Å². The number of alkyl halides is 6. The fourth-order valence-electron chi connectivity index (χ4n) is 7.85. The van der Waals surface area contributed by atoms with Gasteiger partial charge in [0.05, 0.1) is 49.8 Å². The Kier molecular flexibility index (Phi) is 20.0. The van der Waals surface area contributed by atoms with Crippen molar-refractivity contribution in [2.75, 3.05) is 75.6 Å². The Balaban J connectivity index is 0.000000225. The standard InChI is InChI=1S/C28H26F3N3O3.C24H21F4N3O2.C4H6O/c1-3-4-10-37-27-25(34-8-11-36-12-9-34)16-22(18-33-27)24-13-20(17-32-19(24)2)14-26(35)21-6-5-7-23(15-21)28(29,30)31;1-15-20(18-12-21(23(25)30-14-18)31-5-7-33-8-6-31)9-16(13-29-15)10-22(32)17-3-2-4-19(11-17)24(26,27)28;1-2-3-4-5/h1,5-7,13,15-18H,4,8-12,14H2,2H3;2-4,9,11-14H,5-8,10H2,1H3;1,5H,3-4H2. The van der Waals surface area contributed by atoms with Crippen LogP contribution in [-0.2, 0) is 34.7 Å². The fourth-order valence-corrected chi connectivity index (χ4v) is 7.85. The predicted molar refractivity (Wildman–Crippen MR) is 269 cm³/mol. The lowest BCUT2D eigenvalue weighted by Crippen LogP contribution is -2.36. The Bertz CT molecular complexity index is 3010. The van der Waals surface area contributed by atoms with E-state index < -0.39 is 41.0 Å². The molecule has 19 heteroatoms. The van der Waals surface area contributed by atoms with Gasteiger partial charge in [-0.05, 0) is 73.5 Å². The van der Waals surface area contributed by atoms with Gasteiger partial charge in [-0.15, -0.1) is 24.7 Å². The zero-order chi connectivity index (χ0) is 54.1. The summed E-state index contributed by atoms with van der Waals surface area (Å²) in [7, 11) is 0. The number of halogens is 7. The summed E-state index contributed by atoms with van der Waals surface area (Å²) < 4.78 is 109. The average Bonchev–Trinajstić information content (AvgIpc) is 3.41. The number of Topliss-reactive ketones (excluding diaryl/α,β-unsaturated/α-hetero) is 2. The maximum atomic E-state index is 14.4. The maximum absolute atomic E-state index is 14.4. The Hall–Kier alpha value is -7.71. The van der Waals surface area contributed by atoms with E-state index in [9.17, 15) is 40.3 Å². The molecule has 2 saturated heterocycles. The van der Waals surface area contributed by atoms with Crippen LogP contribution in [0.4, 0.5) is 42.1 Å². The quantitative estimate of drug-likeness (QED) is 0.0365. The molecule has 2 fully saturated rings. The van der Waals surface area contributed by atoms with Gasteiger partial charge in [0.2, 0.25) is 11.8 Å². The summed E-state index contributed by atoms with van der Waals surface area (Å²) >= 11 is 0. The number of hydrogen-bond acceptors (Lipinski definition) is 12. The van der Waals surface area contributed by atoms with Crippen molar-refractivity contribution in [2.45, 2.75) is 51.9 Å². The molecular formula is C56H53F7N6O6. The minimum absolute atomic E-state index is 0.00157. The highest BCUT2D eigenvalue weighted by atomic mass is 19.4. The number of rotatable bonds is 14. The largest absolute Gasteiger partial charge is 0.475 e. The monoisotopic (exact) mass is 1040 g/mol. The Morgan fingerprint density at radius 3 is 1.53 bits per heavy atom. The number of pyridine rings is 4.